The number of nitrogens with zero attached hydrogens (tertiary/aromatic N) is 1. The van der Waals surface area contributed by atoms with Gasteiger partial charge < -0.3 is 10.6 Å². The van der Waals surface area contributed by atoms with Gasteiger partial charge in [-0.1, -0.05) is 18.9 Å². The summed E-state index contributed by atoms with van der Waals surface area (Å²) in [6, 6.07) is 8.36. The maximum atomic E-state index is 11.4. The molecule has 1 heterocycles. The smallest absolute Gasteiger partial charge is 0.224 e. The first-order valence-electron chi connectivity index (χ1n) is 7.53. The molecule has 0 aromatic heterocycles. The number of carbonyl (C=O) groups excluding carboxylic acids is 1. The van der Waals surface area contributed by atoms with Crippen LogP contribution in [0.15, 0.2) is 24.3 Å². The lowest BCUT2D eigenvalue weighted by atomic mass is 10.0. The van der Waals surface area contributed by atoms with Gasteiger partial charge in [-0.2, -0.15) is 0 Å². The number of amides is 1. The monoisotopic (exact) mass is 285 g/mol. The summed E-state index contributed by atoms with van der Waals surface area (Å²) in [5.41, 5.74) is 1.90. The number of nitrogens with one attached hydrogen (secondary N) is 2. The molecule has 4 nitrogen and oxygen atoms in total. The second kappa shape index (κ2) is 7.70. The molecular formula is C17H23N3O. The predicted octanol–water partition coefficient (Wildman–Crippen LogP) is 2.54. The molecule has 2 rings (SSSR count). The average Bonchev–Trinajstić information content (AvgIpc) is 2.50. The van der Waals surface area contributed by atoms with Crippen LogP contribution in [0.5, 0.6) is 0 Å². The van der Waals surface area contributed by atoms with Gasteiger partial charge >= 0.3 is 0 Å². The Morgan fingerprint density at radius 1 is 1.38 bits per heavy atom. The van der Waals surface area contributed by atoms with E-state index in [1.807, 2.05) is 31.2 Å². The zero-order valence-corrected chi connectivity index (χ0v) is 12.6. The van der Waals surface area contributed by atoms with E-state index >= 15 is 0 Å². The van der Waals surface area contributed by atoms with Gasteiger partial charge in [-0.25, -0.2) is 0 Å². The lowest BCUT2D eigenvalue weighted by Gasteiger charge is -2.31. The van der Waals surface area contributed by atoms with Gasteiger partial charge in [-0.3, -0.25) is 9.69 Å². The van der Waals surface area contributed by atoms with Crippen molar-refractivity contribution in [2.45, 2.75) is 32.2 Å². The molecule has 1 amide bonds. The van der Waals surface area contributed by atoms with Crippen LogP contribution < -0.4 is 10.6 Å². The first-order valence-corrected chi connectivity index (χ1v) is 7.53. The van der Waals surface area contributed by atoms with Crippen molar-refractivity contribution in [3.63, 3.8) is 0 Å². The lowest BCUT2D eigenvalue weighted by Crippen LogP contribution is -2.39. The van der Waals surface area contributed by atoms with E-state index in [4.69, 9.17) is 6.42 Å². The van der Waals surface area contributed by atoms with Crippen LogP contribution in [0, 0.1) is 12.3 Å². The SMILES string of the molecule is C#CCN1CCC(Nc2cccc(NC(=O)CC)c2)CC1. The molecule has 4 heteroatoms. The minimum Gasteiger partial charge on any atom is -0.382 e. The molecule has 0 radical (unpaired) electrons. The van der Waals surface area contributed by atoms with Gasteiger partial charge in [0.1, 0.15) is 0 Å². The molecule has 1 fully saturated rings. The molecule has 112 valence electrons. The van der Waals surface area contributed by atoms with Crippen LogP contribution in [-0.4, -0.2) is 36.5 Å². The number of rotatable bonds is 5. The number of anilines is 2. The van der Waals surface area contributed by atoms with Crippen LogP contribution in [-0.2, 0) is 4.79 Å². The summed E-state index contributed by atoms with van der Waals surface area (Å²) in [4.78, 5) is 13.7. The van der Waals surface area contributed by atoms with E-state index in [-0.39, 0.29) is 5.91 Å². The Kier molecular flexibility index (Phi) is 5.65. The van der Waals surface area contributed by atoms with Crippen LogP contribution in [0.4, 0.5) is 11.4 Å². The summed E-state index contributed by atoms with van der Waals surface area (Å²) >= 11 is 0. The summed E-state index contributed by atoms with van der Waals surface area (Å²) in [7, 11) is 0. The number of terminal acetylenes is 1. The Morgan fingerprint density at radius 2 is 2.10 bits per heavy atom. The molecule has 1 aliphatic rings. The minimum absolute atomic E-state index is 0.0368. The highest BCUT2D eigenvalue weighted by Gasteiger charge is 2.18. The molecular weight excluding hydrogens is 262 g/mol. The van der Waals surface area contributed by atoms with E-state index in [0.29, 0.717) is 12.5 Å². The summed E-state index contributed by atoms with van der Waals surface area (Å²) in [6.45, 7) is 4.66. The number of piperidine rings is 1. The maximum absolute atomic E-state index is 11.4. The number of hydrogen-bond acceptors (Lipinski definition) is 3. The van der Waals surface area contributed by atoms with Crippen LogP contribution in [0.25, 0.3) is 0 Å². The summed E-state index contributed by atoms with van der Waals surface area (Å²) in [5, 5.41) is 6.43. The molecule has 0 atom stereocenters. The molecule has 1 saturated heterocycles. The fourth-order valence-electron chi connectivity index (χ4n) is 2.54. The molecule has 0 bridgehead atoms. The molecule has 1 aromatic carbocycles. The van der Waals surface area contributed by atoms with Crippen molar-refractivity contribution in [2.24, 2.45) is 0 Å². The van der Waals surface area contributed by atoms with Crippen molar-refractivity contribution >= 4 is 17.3 Å². The summed E-state index contributed by atoms with van der Waals surface area (Å²) in [5.74, 6) is 2.74. The van der Waals surface area contributed by atoms with Crippen LogP contribution >= 0.6 is 0 Å². The van der Waals surface area contributed by atoms with Gasteiger partial charge in [0.15, 0.2) is 0 Å². The predicted molar refractivity (Wildman–Crippen MR) is 87.3 cm³/mol. The highest BCUT2D eigenvalue weighted by atomic mass is 16.1. The van der Waals surface area contributed by atoms with Gasteiger partial charge in [0.2, 0.25) is 5.91 Å². The molecule has 1 aromatic rings. The van der Waals surface area contributed by atoms with Gasteiger partial charge in [0.05, 0.1) is 6.54 Å². The lowest BCUT2D eigenvalue weighted by molar-refractivity contribution is -0.115. The van der Waals surface area contributed by atoms with Gasteiger partial charge in [-0.15, -0.1) is 6.42 Å². The van der Waals surface area contributed by atoms with E-state index in [2.05, 4.69) is 21.5 Å². The summed E-state index contributed by atoms with van der Waals surface area (Å²) < 4.78 is 0. The third kappa shape index (κ3) is 4.80. The third-order valence-corrected chi connectivity index (χ3v) is 3.74. The second-order valence-corrected chi connectivity index (χ2v) is 5.38. The maximum Gasteiger partial charge on any atom is 0.224 e. The van der Waals surface area contributed by atoms with E-state index in [9.17, 15) is 4.79 Å². The zero-order chi connectivity index (χ0) is 15.1. The Morgan fingerprint density at radius 3 is 2.76 bits per heavy atom. The standard InChI is InChI=1S/C17H23N3O/c1-3-10-20-11-8-14(9-12-20)18-15-6-5-7-16(13-15)19-17(21)4-2/h1,5-7,13-14,18H,4,8-12H2,2H3,(H,19,21). The molecule has 21 heavy (non-hydrogen) atoms. The summed E-state index contributed by atoms with van der Waals surface area (Å²) in [6.07, 6.45) is 8.02. The third-order valence-electron chi connectivity index (χ3n) is 3.74. The van der Waals surface area contributed by atoms with Gasteiger partial charge in [-0.05, 0) is 31.0 Å². The fraction of sp³-hybridized carbons (Fsp3) is 0.471. The highest BCUT2D eigenvalue weighted by Crippen LogP contribution is 2.19. The molecule has 1 aliphatic heterocycles. The van der Waals surface area contributed by atoms with E-state index in [0.717, 1.165) is 43.9 Å². The minimum atomic E-state index is 0.0368. The van der Waals surface area contributed by atoms with Crippen molar-refractivity contribution in [3.05, 3.63) is 24.3 Å². The largest absolute Gasteiger partial charge is 0.382 e. The zero-order valence-electron chi connectivity index (χ0n) is 12.6. The van der Waals surface area contributed by atoms with E-state index < -0.39 is 0 Å². The van der Waals surface area contributed by atoms with Crippen molar-refractivity contribution < 1.29 is 4.79 Å². The molecule has 0 saturated carbocycles. The second-order valence-electron chi connectivity index (χ2n) is 5.38. The highest BCUT2D eigenvalue weighted by molar-refractivity contribution is 5.90. The van der Waals surface area contributed by atoms with Gasteiger partial charge in [0.25, 0.3) is 0 Å². The molecule has 0 aliphatic carbocycles. The van der Waals surface area contributed by atoms with E-state index in [1.165, 1.54) is 0 Å². The number of hydrogen-bond donors (Lipinski definition) is 2. The Bertz CT molecular complexity index is 513. The normalized spacial score (nSPS) is 16.2. The molecule has 2 N–H and O–H groups in total. The average molecular weight is 285 g/mol. The number of likely N-dealkylation sites (tertiary alicyclic amines) is 1. The van der Waals surface area contributed by atoms with Crippen molar-refractivity contribution in [3.8, 4) is 12.3 Å². The van der Waals surface area contributed by atoms with Crippen molar-refractivity contribution in [1.29, 1.82) is 0 Å². The Balaban J connectivity index is 1.87. The van der Waals surface area contributed by atoms with Gasteiger partial charge in [0, 0.05) is 36.9 Å². The van der Waals surface area contributed by atoms with Crippen molar-refractivity contribution in [2.75, 3.05) is 30.3 Å². The quantitative estimate of drug-likeness (QED) is 0.817. The van der Waals surface area contributed by atoms with Crippen LogP contribution in [0.3, 0.4) is 0 Å². The van der Waals surface area contributed by atoms with Crippen LogP contribution in [0.1, 0.15) is 26.2 Å². The number of benzene rings is 1. The first kappa shape index (κ1) is 15.4. The molecule has 0 spiro atoms. The Labute approximate surface area is 126 Å². The number of carbonyl (C=O) groups is 1. The topological polar surface area (TPSA) is 44.4 Å². The first-order chi connectivity index (χ1) is 10.2. The molecule has 0 unspecified atom stereocenters. The van der Waals surface area contributed by atoms with Crippen molar-refractivity contribution in [1.82, 2.24) is 4.90 Å². The Hall–Kier alpha value is -1.99. The fourth-order valence-corrected chi connectivity index (χ4v) is 2.54. The van der Waals surface area contributed by atoms with E-state index in [1.54, 1.807) is 0 Å². The van der Waals surface area contributed by atoms with Crippen LogP contribution in [0.2, 0.25) is 0 Å².